The van der Waals surface area contributed by atoms with Crippen LogP contribution in [0, 0.1) is 0 Å². The smallest absolute Gasteiger partial charge is 0.316 e. The van der Waals surface area contributed by atoms with Crippen molar-refractivity contribution in [3.8, 4) is 0 Å². The van der Waals surface area contributed by atoms with Gasteiger partial charge >= 0.3 is 6.03 Å². The Morgan fingerprint density at radius 2 is 1.65 bits per heavy atom. The molecule has 2 aromatic carbocycles. The van der Waals surface area contributed by atoms with E-state index in [1.54, 1.807) is 42.1 Å². The SMILES string of the molecule is CC(C)Sc1ccccc1C(=O)Nc1cccc(NC(N)=O)c1. The van der Waals surface area contributed by atoms with E-state index in [0.717, 1.165) is 4.90 Å². The second-order valence-corrected chi connectivity index (χ2v) is 6.81. The zero-order chi connectivity index (χ0) is 16.8. The Bertz CT molecular complexity index is 716. The summed E-state index contributed by atoms with van der Waals surface area (Å²) in [7, 11) is 0. The van der Waals surface area contributed by atoms with E-state index in [1.165, 1.54) is 0 Å². The van der Waals surface area contributed by atoms with Crippen molar-refractivity contribution in [3.63, 3.8) is 0 Å². The molecule has 0 fully saturated rings. The number of amides is 3. The molecule has 0 heterocycles. The van der Waals surface area contributed by atoms with E-state index in [-0.39, 0.29) is 5.91 Å². The van der Waals surface area contributed by atoms with Crippen LogP contribution in [0.4, 0.5) is 16.2 Å². The summed E-state index contributed by atoms with van der Waals surface area (Å²) >= 11 is 1.64. The van der Waals surface area contributed by atoms with Crippen LogP contribution in [-0.2, 0) is 0 Å². The van der Waals surface area contributed by atoms with Gasteiger partial charge in [0.05, 0.1) is 5.56 Å². The van der Waals surface area contributed by atoms with Crippen LogP contribution in [0.1, 0.15) is 24.2 Å². The highest BCUT2D eigenvalue weighted by molar-refractivity contribution is 8.00. The van der Waals surface area contributed by atoms with Gasteiger partial charge in [0.2, 0.25) is 0 Å². The maximum atomic E-state index is 12.5. The zero-order valence-corrected chi connectivity index (χ0v) is 13.8. The lowest BCUT2D eigenvalue weighted by Gasteiger charge is -2.12. The molecule has 2 aromatic rings. The number of carbonyl (C=O) groups excluding carboxylic acids is 2. The predicted molar refractivity (Wildman–Crippen MR) is 95.0 cm³/mol. The maximum absolute atomic E-state index is 12.5. The first kappa shape index (κ1) is 16.9. The molecular weight excluding hydrogens is 310 g/mol. The number of thioether (sulfide) groups is 1. The van der Waals surface area contributed by atoms with Crippen LogP contribution >= 0.6 is 11.8 Å². The van der Waals surface area contributed by atoms with Crippen LogP contribution in [0.15, 0.2) is 53.4 Å². The number of hydrogen-bond donors (Lipinski definition) is 3. The van der Waals surface area contributed by atoms with Gasteiger partial charge in [-0.15, -0.1) is 11.8 Å². The first-order chi connectivity index (χ1) is 11.0. The summed E-state index contributed by atoms with van der Waals surface area (Å²) in [6, 6.07) is 13.7. The van der Waals surface area contributed by atoms with Crippen molar-refractivity contribution in [1.29, 1.82) is 0 Å². The number of nitrogens with two attached hydrogens (primary N) is 1. The summed E-state index contributed by atoms with van der Waals surface area (Å²) in [5, 5.41) is 5.70. The Hall–Kier alpha value is -2.47. The lowest BCUT2D eigenvalue weighted by molar-refractivity contribution is 0.102. The van der Waals surface area contributed by atoms with Crippen LogP contribution in [0.3, 0.4) is 0 Å². The summed E-state index contributed by atoms with van der Waals surface area (Å²) in [6.45, 7) is 4.16. The number of nitrogens with one attached hydrogen (secondary N) is 2. The fourth-order valence-electron chi connectivity index (χ4n) is 2.03. The van der Waals surface area contributed by atoms with E-state index >= 15 is 0 Å². The molecule has 6 heteroatoms. The molecule has 0 saturated heterocycles. The predicted octanol–water partition coefficient (Wildman–Crippen LogP) is 3.93. The highest BCUT2D eigenvalue weighted by Crippen LogP contribution is 2.27. The van der Waals surface area contributed by atoms with Crippen molar-refractivity contribution < 1.29 is 9.59 Å². The Labute approximate surface area is 139 Å². The van der Waals surface area contributed by atoms with Crippen LogP contribution in [-0.4, -0.2) is 17.2 Å². The third kappa shape index (κ3) is 5.03. The van der Waals surface area contributed by atoms with Gasteiger partial charge in [0, 0.05) is 21.5 Å². The average Bonchev–Trinajstić information content (AvgIpc) is 2.46. The van der Waals surface area contributed by atoms with Gasteiger partial charge in [-0.3, -0.25) is 4.79 Å². The highest BCUT2D eigenvalue weighted by atomic mass is 32.2. The third-order valence-corrected chi connectivity index (χ3v) is 3.96. The molecule has 0 atom stereocenters. The van der Waals surface area contributed by atoms with Gasteiger partial charge in [-0.05, 0) is 30.3 Å². The van der Waals surface area contributed by atoms with Gasteiger partial charge in [0.1, 0.15) is 0 Å². The molecule has 0 aliphatic rings. The van der Waals surface area contributed by atoms with E-state index in [2.05, 4.69) is 24.5 Å². The second kappa shape index (κ2) is 7.69. The molecule has 0 aliphatic carbocycles. The Balaban J connectivity index is 2.18. The number of urea groups is 1. The topological polar surface area (TPSA) is 84.2 Å². The fourth-order valence-corrected chi connectivity index (χ4v) is 2.98. The van der Waals surface area contributed by atoms with Gasteiger partial charge < -0.3 is 16.4 Å². The minimum absolute atomic E-state index is 0.190. The lowest BCUT2D eigenvalue weighted by atomic mass is 10.2. The molecule has 4 N–H and O–H groups in total. The number of hydrogen-bond acceptors (Lipinski definition) is 3. The van der Waals surface area contributed by atoms with Crippen molar-refractivity contribution in [1.82, 2.24) is 0 Å². The van der Waals surface area contributed by atoms with Crippen molar-refractivity contribution in [2.75, 3.05) is 10.6 Å². The number of carbonyl (C=O) groups is 2. The van der Waals surface area contributed by atoms with Gasteiger partial charge in [-0.25, -0.2) is 4.79 Å². The van der Waals surface area contributed by atoms with E-state index in [1.807, 2.05) is 18.2 Å². The number of primary amides is 1. The first-order valence-electron chi connectivity index (χ1n) is 7.19. The minimum atomic E-state index is -0.646. The number of benzene rings is 2. The molecule has 0 radical (unpaired) electrons. The third-order valence-electron chi connectivity index (χ3n) is 2.88. The number of rotatable bonds is 5. The Morgan fingerprint density at radius 1 is 1.00 bits per heavy atom. The average molecular weight is 329 g/mol. The first-order valence-corrected chi connectivity index (χ1v) is 8.07. The van der Waals surface area contributed by atoms with Crippen LogP contribution in [0.25, 0.3) is 0 Å². The molecular formula is C17H19N3O2S. The summed E-state index contributed by atoms with van der Waals surface area (Å²) in [4.78, 5) is 24.3. The monoisotopic (exact) mass is 329 g/mol. The van der Waals surface area contributed by atoms with Gasteiger partial charge in [0.25, 0.3) is 5.91 Å². The Morgan fingerprint density at radius 3 is 2.30 bits per heavy atom. The second-order valence-electron chi connectivity index (χ2n) is 5.19. The zero-order valence-electron chi connectivity index (χ0n) is 13.0. The van der Waals surface area contributed by atoms with Gasteiger partial charge in [0.15, 0.2) is 0 Å². The summed E-state index contributed by atoms with van der Waals surface area (Å²) in [5.74, 6) is -0.190. The normalized spacial score (nSPS) is 10.4. The lowest BCUT2D eigenvalue weighted by Crippen LogP contribution is -2.19. The Kier molecular flexibility index (Phi) is 5.65. The van der Waals surface area contributed by atoms with Crippen LogP contribution in [0.2, 0.25) is 0 Å². The molecule has 0 aliphatic heterocycles. The van der Waals surface area contributed by atoms with Crippen LogP contribution < -0.4 is 16.4 Å². The van der Waals surface area contributed by atoms with Gasteiger partial charge in [-0.1, -0.05) is 32.0 Å². The largest absolute Gasteiger partial charge is 0.351 e. The highest BCUT2D eigenvalue weighted by Gasteiger charge is 2.13. The molecule has 0 spiro atoms. The van der Waals surface area contributed by atoms with Crippen molar-refractivity contribution >= 4 is 35.1 Å². The molecule has 5 nitrogen and oxygen atoms in total. The summed E-state index contributed by atoms with van der Waals surface area (Å²) in [5.41, 5.74) is 6.83. The fraction of sp³-hybridized carbons (Fsp3) is 0.176. The van der Waals surface area contributed by atoms with E-state index in [0.29, 0.717) is 22.2 Å². The van der Waals surface area contributed by atoms with Crippen molar-refractivity contribution in [2.24, 2.45) is 5.73 Å². The summed E-state index contributed by atoms with van der Waals surface area (Å²) in [6.07, 6.45) is 0. The van der Waals surface area contributed by atoms with E-state index < -0.39 is 6.03 Å². The van der Waals surface area contributed by atoms with E-state index in [9.17, 15) is 9.59 Å². The quantitative estimate of drug-likeness (QED) is 0.727. The minimum Gasteiger partial charge on any atom is -0.351 e. The molecule has 0 bridgehead atoms. The number of anilines is 2. The molecule has 2 rings (SSSR count). The van der Waals surface area contributed by atoms with Gasteiger partial charge in [-0.2, -0.15) is 0 Å². The maximum Gasteiger partial charge on any atom is 0.316 e. The van der Waals surface area contributed by atoms with Crippen LogP contribution in [0.5, 0.6) is 0 Å². The standard InChI is InChI=1S/C17H19N3O2S/c1-11(2)23-15-9-4-3-8-14(15)16(21)19-12-6-5-7-13(10-12)20-17(18)22/h3-11H,1-2H3,(H,19,21)(H3,18,20,22). The summed E-state index contributed by atoms with van der Waals surface area (Å²) < 4.78 is 0. The molecule has 23 heavy (non-hydrogen) atoms. The molecule has 120 valence electrons. The molecule has 0 aromatic heterocycles. The molecule has 3 amide bonds. The van der Waals surface area contributed by atoms with Crippen molar-refractivity contribution in [3.05, 3.63) is 54.1 Å². The van der Waals surface area contributed by atoms with Crippen molar-refractivity contribution in [2.45, 2.75) is 24.0 Å². The molecule has 0 unspecified atom stereocenters. The molecule has 0 saturated carbocycles. The van der Waals surface area contributed by atoms with E-state index in [4.69, 9.17) is 5.73 Å².